The number of amides is 1. The van der Waals surface area contributed by atoms with E-state index in [4.69, 9.17) is 16.3 Å². The van der Waals surface area contributed by atoms with Gasteiger partial charge in [-0.2, -0.15) is 11.3 Å². The lowest BCUT2D eigenvalue weighted by Crippen LogP contribution is -2.53. The second-order valence-electron chi connectivity index (χ2n) is 4.38. The third-order valence-electron chi connectivity index (χ3n) is 3.06. The van der Waals surface area contributed by atoms with E-state index in [1.54, 1.807) is 11.3 Å². The van der Waals surface area contributed by atoms with Gasteiger partial charge >= 0.3 is 0 Å². The summed E-state index contributed by atoms with van der Waals surface area (Å²) in [5.74, 6) is 0.497. The van der Waals surface area contributed by atoms with Gasteiger partial charge in [-0.1, -0.05) is 0 Å². The summed E-state index contributed by atoms with van der Waals surface area (Å²) in [4.78, 5) is 11.9. The van der Waals surface area contributed by atoms with Crippen molar-refractivity contribution in [2.45, 2.75) is 24.8 Å². The number of carbonyl (C=O) groups excluding carboxylic acids is 1. The fourth-order valence-electron chi connectivity index (χ4n) is 1.97. The zero-order chi connectivity index (χ0) is 12.1. The third kappa shape index (κ3) is 3.44. The minimum absolute atomic E-state index is 0.0472. The summed E-state index contributed by atoms with van der Waals surface area (Å²) in [6.07, 6.45) is 2.03. The Bertz CT molecular complexity index is 361. The molecule has 2 rings (SSSR count). The molecule has 5 heteroatoms. The lowest BCUT2D eigenvalue weighted by Gasteiger charge is -2.36. The Morgan fingerprint density at radius 1 is 1.53 bits per heavy atom. The average Bonchev–Trinajstić information content (AvgIpc) is 2.83. The van der Waals surface area contributed by atoms with Crippen molar-refractivity contribution in [3.8, 4) is 0 Å². The molecule has 1 aliphatic heterocycles. The zero-order valence-electron chi connectivity index (χ0n) is 9.58. The molecule has 0 saturated carbocycles. The molecule has 1 N–H and O–H groups in total. The van der Waals surface area contributed by atoms with Crippen LogP contribution in [-0.4, -0.2) is 30.5 Å². The second kappa shape index (κ2) is 5.85. The topological polar surface area (TPSA) is 38.3 Å². The first-order valence-electron chi connectivity index (χ1n) is 5.70. The lowest BCUT2D eigenvalue weighted by atomic mass is 9.92. The summed E-state index contributed by atoms with van der Waals surface area (Å²) in [5, 5.41) is 7.05. The van der Waals surface area contributed by atoms with Gasteiger partial charge in [-0.15, -0.1) is 11.6 Å². The first kappa shape index (κ1) is 12.9. The Balaban J connectivity index is 1.91. The van der Waals surface area contributed by atoms with Crippen molar-refractivity contribution < 1.29 is 9.53 Å². The van der Waals surface area contributed by atoms with Crippen LogP contribution in [-0.2, 0) is 16.0 Å². The molecule has 0 aromatic carbocycles. The molecule has 0 spiro atoms. The maximum absolute atomic E-state index is 11.9. The Morgan fingerprint density at radius 2 is 2.29 bits per heavy atom. The minimum atomic E-state index is -0.271. The maximum atomic E-state index is 11.9. The van der Waals surface area contributed by atoms with Crippen LogP contribution in [0.1, 0.15) is 18.4 Å². The van der Waals surface area contributed by atoms with Crippen LogP contribution >= 0.6 is 22.9 Å². The van der Waals surface area contributed by atoms with Gasteiger partial charge in [0, 0.05) is 19.1 Å². The van der Waals surface area contributed by atoms with Crippen molar-refractivity contribution in [3.63, 3.8) is 0 Å². The summed E-state index contributed by atoms with van der Waals surface area (Å²) in [6.45, 7) is 1.34. The second-order valence-corrected chi connectivity index (χ2v) is 5.43. The van der Waals surface area contributed by atoms with Crippen molar-refractivity contribution in [1.29, 1.82) is 0 Å². The Labute approximate surface area is 110 Å². The van der Waals surface area contributed by atoms with E-state index in [1.807, 2.05) is 16.8 Å². The Morgan fingerprint density at radius 3 is 2.88 bits per heavy atom. The fraction of sp³-hybridized carbons (Fsp3) is 0.583. The predicted molar refractivity (Wildman–Crippen MR) is 69.7 cm³/mol. The van der Waals surface area contributed by atoms with Crippen molar-refractivity contribution in [2.24, 2.45) is 0 Å². The molecule has 1 fully saturated rings. The molecule has 0 atom stereocenters. The molecule has 0 aliphatic carbocycles. The van der Waals surface area contributed by atoms with E-state index in [9.17, 15) is 4.79 Å². The molecule has 1 amide bonds. The monoisotopic (exact) mass is 273 g/mol. The molecule has 1 aromatic rings. The van der Waals surface area contributed by atoms with Crippen LogP contribution < -0.4 is 5.32 Å². The number of ether oxygens (including phenoxy) is 1. The molecule has 2 heterocycles. The summed E-state index contributed by atoms with van der Waals surface area (Å²) in [7, 11) is 0. The van der Waals surface area contributed by atoms with Crippen LogP contribution in [0.2, 0.25) is 0 Å². The molecule has 1 aromatic heterocycles. The number of carbonyl (C=O) groups is 1. The molecule has 17 heavy (non-hydrogen) atoms. The number of alkyl halides is 1. The van der Waals surface area contributed by atoms with E-state index in [-0.39, 0.29) is 11.4 Å². The van der Waals surface area contributed by atoms with E-state index in [0.29, 0.717) is 25.5 Å². The van der Waals surface area contributed by atoms with Gasteiger partial charge in [0.2, 0.25) is 5.91 Å². The molecular weight excluding hydrogens is 258 g/mol. The zero-order valence-corrected chi connectivity index (χ0v) is 11.1. The van der Waals surface area contributed by atoms with Crippen LogP contribution in [0.15, 0.2) is 16.8 Å². The highest BCUT2D eigenvalue weighted by Crippen LogP contribution is 2.22. The summed E-state index contributed by atoms with van der Waals surface area (Å²) in [6, 6.07) is 1.97. The summed E-state index contributed by atoms with van der Waals surface area (Å²) >= 11 is 7.60. The van der Waals surface area contributed by atoms with E-state index < -0.39 is 0 Å². The lowest BCUT2D eigenvalue weighted by molar-refractivity contribution is -0.123. The SMILES string of the molecule is O=C(Cc1ccsc1)NC1(CCl)CCOCC1. The van der Waals surface area contributed by atoms with E-state index in [2.05, 4.69) is 5.32 Å². The molecule has 94 valence electrons. The van der Waals surface area contributed by atoms with Crippen LogP contribution in [0.4, 0.5) is 0 Å². The highest BCUT2D eigenvalue weighted by atomic mass is 35.5. The van der Waals surface area contributed by atoms with Crippen LogP contribution in [0.25, 0.3) is 0 Å². The quantitative estimate of drug-likeness (QED) is 0.854. The van der Waals surface area contributed by atoms with Gasteiger partial charge < -0.3 is 10.1 Å². The Kier molecular flexibility index (Phi) is 4.42. The predicted octanol–water partition coefficient (Wildman–Crippen LogP) is 2.19. The molecule has 0 radical (unpaired) electrons. The number of nitrogens with one attached hydrogen (secondary N) is 1. The number of hydrogen-bond acceptors (Lipinski definition) is 3. The average molecular weight is 274 g/mol. The number of thiophene rings is 1. The van der Waals surface area contributed by atoms with Gasteiger partial charge in [0.05, 0.1) is 12.0 Å². The summed E-state index contributed by atoms with van der Waals surface area (Å²) in [5.41, 5.74) is 0.789. The van der Waals surface area contributed by atoms with Gasteiger partial charge in [0.25, 0.3) is 0 Å². The van der Waals surface area contributed by atoms with Crippen molar-refractivity contribution in [1.82, 2.24) is 5.32 Å². The van der Waals surface area contributed by atoms with Gasteiger partial charge in [0.1, 0.15) is 0 Å². The highest BCUT2D eigenvalue weighted by molar-refractivity contribution is 7.07. The largest absolute Gasteiger partial charge is 0.381 e. The molecular formula is C12H16ClNO2S. The van der Waals surface area contributed by atoms with Gasteiger partial charge in [-0.25, -0.2) is 0 Å². The molecule has 0 unspecified atom stereocenters. The van der Waals surface area contributed by atoms with Crippen molar-refractivity contribution >= 4 is 28.8 Å². The number of rotatable bonds is 4. The minimum Gasteiger partial charge on any atom is -0.381 e. The third-order valence-corrected chi connectivity index (χ3v) is 4.30. The van der Waals surface area contributed by atoms with Gasteiger partial charge in [-0.05, 0) is 35.2 Å². The number of hydrogen-bond donors (Lipinski definition) is 1. The first-order chi connectivity index (χ1) is 8.24. The van der Waals surface area contributed by atoms with E-state index in [1.165, 1.54) is 0 Å². The Hall–Kier alpha value is -0.580. The number of halogens is 1. The van der Waals surface area contributed by atoms with Gasteiger partial charge in [0.15, 0.2) is 0 Å². The highest BCUT2D eigenvalue weighted by Gasteiger charge is 2.33. The maximum Gasteiger partial charge on any atom is 0.224 e. The van der Waals surface area contributed by atoms with Crippen LogP contribution in [0.5, 0.6) is 0 Å². The molecule has 3 nitrogen and oxygen atoms in total. The molecule has 1 saturated heterocycles. The first-order valence-corrected chi connectivity index (χ1v) is 7.18. The standard InChI is InChI=1S/C12H16ClNO2S/c13-9-12(2-4-16-5-3-12)14-11(15)7-10-1-6-17-8-10/h1,6,8H,2-5,7,9H2,(H,14,15). The van der Waals surface area contributed by atoms with Crippen molar-refractivity contribution in [3.05, 3.63) is 22.4 Å². The normalized spacial score (nSPS) is 18.9. The smallest absolute Gasteiger partial charge is 0.224 e. The van der Waals surface area contributed by atoms with E-state index >= 15 is 0 Å². The fourth-order valence-corrected chi connectivity index (χ4v) is 2.98. The van der Waals surface area contributed by atoms with E-state index in [0.717, 1.165) is 18.4 Å². The molecule has 0 bridgehead atoms. The van der Waals surface area contributed by atoms with Gasteiger partial charge in [-0.3, -0.25) is 4.79 Å². The molecule has 1 aliphatic rings. The summed E-state index contributed by atoms with van der Waals surface area (Å²) < 4.78 is 5.31. The van der Waals surface area contributed by atoms with Crippen LogP contribution in [0, 0.1) is 0 Å². The van der Waals surface area contributed by atoms with Crippen molar-refractivity contribution in [2.75, 3.05) is 19.1 Å². The van der Waals surface area contributed by atoms with Crippen LogP contribution in [0.3, 0.4) is 0 Å².